The lowest BCUT2D eigenvalue weighted by Crippen LogP contribution is -2.45. The van der Waals surface area contributed by atoms with Crippen LogP contribution >= 0.6 is 7.82 Å². The van der Waals surface area contributed by atoms with Crippen molar-refractivity contribution < 1.29 is 34.3 Å². The first-order valence-electron chi connectivity index (χ1n) is 21.5. The average molecular weight is 733 g/mol. The van der Waals surface area contributed by atoms with Gasteiger partial charge in [0, 0.05) is 6.42 Å². The number of likely N-dealkylation sites (N-methyl/N-ethyl adjacent to an activating group) is 1. The van der Waals surface area contributed by atoms with Gasteiger partial charge in [0.2, 0.25) is 5.91 Å². The Morgan fingerprint density at radius 1 is 0.700 bits per heavy atom. The Morgan fingerprint density at radius 2 is 1.10 bits per heavy atom. The topological polar surface area (TPSA) is 105 Å². The number of nitrogens with zero attached hydrogens (tertiary/aromatic N) is 1. The predicted molar refractivity (Wildman–Crippen MR) is 212 cm³/mol. The van der Waals surface area contributed by atoms with E-state index in [0.29, 0.717) is 29.9 Å². The van der Waals surface area contributed by atoms with Gasteiger partial charge < -0.3 is 19.8 Å². The molecule has 0 saturated heterocycles. The monoisotopic (exact) mass is 733 g/mol. The van der Waals surface area contributed by atoms with Gasteiger partial charge in [-0.2, -0.15) is 0 Å². The second-order valence-corrected chi connectivity index (χ2v) is 17.1. The Labute approximate surface area is 311 Å². The number of unbranched alkanes of at least 4 members (excludes halogenated alkanes) is 24. The van der Waals surface area contributed by atoms with E-state index in [1.165, 1.54) is 134 Å². The zero-order valence-electron chi connectivity index (χ0n) is 34.6. The van der Waals surface area contributed by atoms with E-state index in [4.69, 9.17) is 10.4 Å². The number of carbonyl (C=O) groups is 1. The molecule has 0 radical (unpaired) electrons. The third kappa shape index (κ3) is 35.6. The number of aliphatic hydroxyl groups is 1. The van der Waals surface area contributed by atoms with Crippen LogP contribution in [-0.2, 0) is 18.4 Å². The van der Waals surface area contributed by atoms with Gasteiger partial charge in [0.15, 0.2) is 0 Å². The molecule has 298 valence electrons. The van der Waals surface area contributed by atoms with Crippen molar-refractivity contribution in [2.45, 2.75) is 206 Å². The molecule has 0 spiro atoms. The number of amides is 1. The van der Waals surface area contributed by atoms with E-state index in [-0.39, 0.29) is 12.5 Å². The summed E-state index contributed by atoms with van der Waals surface area (Å²) in [6, 6.07) is -0.666. The molecule has 9 heteroatoms. The second kappa shape index (κ2) is 34.0. The number of quaternary nitrogens is 1. The average Bonchev–Trinajstić information content (AvgIpc) is 3.06. The molecule has 3 atom stereocenters. The fourth-order valence-electron chi connectivity index (χ4n) is 6.01. The maximum absolute atomic E-state index is 12.9. The lowest BCUT2D eigenvalue weighted by Gasteiger charge is -2.25. The summed E-state index contributed by atoms with van der Waals surface area (Å²) in [4.78, 5) is 23.1. The summed E-state index contributed by atoms with van der Waals surface area (Å²) in [7, 11) is 1.47. The normalized spacial score (nSPS) is 15.1. The summed E-state index contributed by atoms with van der Waals surface area (Å²) in [6.45, 7) is 4.65. The molecule has 0 rings (SSSR count). The first-order chi connectivity index (χ1) is 24.4. The summed E-state index contributed by atoms with van der Waals surface area (Å²) in [5.74, 6) is -0.235. The van der Waals surface area contributed by atoms with Crippen molar-refractivity contribution in [3.8, 4) is 0 Å². The Morgan fingerprint density at radius 3 is 1.52 bits per heavy atom. The van der Waals surface area contributed by atoms with Crippen LogP contribution in [0.15, 0.2) is 12.1 Å². The fraction of sp³-hybridized carbons (Fsp3) is 0.927. The second-order valence-electron chi connectivity index (χ2n) is 15.6. The molecule has 1 unspecified atom stereocenters. The first-order valence-corrected chi connectivity index (χ1v) is 22.5. The maximum Gasteiger partial charge on any atom is 0.472 e. The van der Waals surface area contributed by atoms with E-state index >= 15 is 0 Å². The van der Waals surface area contributed by atoms with Gasteiger partial charge in [0.1, 0.15) is 13.2 Å². The van der Waals surface area contributed by atoms with Crippen LogP contribution in [0.1, 0.15) is 195 Å². The maximum atomic E-state index is 12.9. The van der Waals surface area contributed by atoms with Gasteiger partial charge in [-0.1, -0.05) is 180 Å². The minimum atomic E-state index is -4.38. The molecular formula is C41H84N2O6P+. The summed E-state index contributed by atoms with van der Waals surface area (Å²) in [6.07, 6.45) is 33.3. The molecule has 0 bridgehead atoms. The molecule has 50 heavy (non-hydrogen) atoms. The van der Waals surface area contributed by atoms with Crippen molar-refractivity contribution in [3.05, 3.63) is 12.1 Å². The number of hydrogen-bond acceptors (Lipinski definition) is 5. The van der Waals surface area contributed by atoms with Crippen LogP contribution in [0.25, 0.3) is 0 Å². The van der Waals surface area contributed by atoms with Gasteiger partial charge in [0.05, 0.1) is 41.3 Å². The Bertz CT molecular complexity index is 885. The molecule has 0 aromatic heterocycles. The van der Waals surface area contributed by atoms with Crippen LogP contribution in [0, 0.1) is 0 Å². The number of aliphatic hydroxyl groups excluding tert-OH is 1. The number of phosphoric acid groups is 1. The smallest absolute Gasteiger partial charge is 0.387 e. The highest BCUT2D eigenvalue weighted by Gasteiger charge is 2.27. The molecule has 8 nitrogen and oxygen atoms in total. The van der Waals surface area contributed by atoms with Crippen LogP contribution in [0.5, 0.6) is 0 Å². The van der Waals surface area contributed by atoms with Crippen molar-refractivity contribution >= 4 is 13.7 Å². The highest BCUT2D eigenvalue weighted by Crippen LogP contribution is 2.43. The minimum Gasteiger partial charge on any atom is -0.387 e. The molecule has 0 fully saturated rings. The summed E-state index contributed by atoms with van der Waals surface area (Å²) < 4.78 is 31.9. The number of hydrogen-bond donors (Lipinski definition) is 3. The van der Waals surface area contributed by atoms with Crippen LogP contribution < -0.4 is 5.32 Å². The van der Waals surface area contributed by atoms with Gasteiger partial charge in [-0.15, -0.1) is 0 Å². The largest absolute Gasteiger partial charge is 0.472 e. The summed E-state index contributed by atoms with van der Waals surface area (Å²) >= 11 is 0. The number of carbonyl (C=O) groups excluding carboxylic acids is 1. The van der Waals surface area contributed by atoms with Crippen molar-refractivity contribution in [3.63, 3.8) is 0 Å². The third-order valence-corrected chi connectivity index (χ3v) is 10.4. The highest BCUT2D eigenvalue weighted by molar-refractivity contribution is 7.47. The molecule has 1 amide bonds. The standard InChI is InChI=1S/C41H83N2O6P/c1-6-8-10-12-14-16-18-20-21-23-25-27-29-31-33-35-41(45)42-39(38-49-50(46,47)48-37-36-43(3,4)5)40(44)34-32-30-28-26-24-22-19-17-15-13-11-9-7-2/h32,34,39-40,44H,6-31,33,35-38H2,1-5H3,(H-,42,45,46,47)/p+1/b34-32+/t39-,40+/m0/s1/i32D. The van der Waals surface area contributed by atoms with Crippen LogP contribution in [0.2, 0.25) is 0 Å². The van der Waals surface area contributed by atoms with Gasteiger partial charge in [0.25, 0.3) is 0 Å². The lowest BCUT2D eigenvalue weighted by molar-refractivity contribution is -0.870. The number of phosphoric ester groups is 1. The molecular weight excluding hydrogens is 647 g/mol. The number of nitrogens with one attached hydrogen (secondary N) is 1. The summed E-state index contributed by atoms with van der Waals surface area (Å²) in [5.41, 5.74) is 0. The highest BCUT2D eigenvalue weighted by atomic mass is 31.2. The Kier molecular flexibility index (Phi) is 32.2. The molecule has 0 heterocycles. The van der Waals surface area contributed by atoms with E-state index in [1.807, 2.05) is 21.1 Å². The van der Waals surface area contributed by atoms with Crippen molar-refractivity contribution in [1.29, 1.82) is 0 Å². The lowest BCUT2D eigenvalue weighted by atomic mass is 10.0. The molecule has 0 saturated carbocycles. The van der Waals surface area contributed by atoms with Crippen LogP contribution in [0.3, 0.4) is 0 Å². The van der Waals surface area contributed by atoms with E-state index in [0.717, 1.165) is 38.5 Å². The predicted octanol–water partition coefficient (Wildman–Crippen LogP) is 11.2. The first kappa shape index (κ1) is 47.3. The minimum absolute atomic E-state index is 0.0335. The number of allylic oxidation sites excluding steroid dienone is 1. The molecule has 3 N–H and O–H groups in total. The molecule has 0 aliphatic heterocycles. The SMILES string of the molecule is [2H]/C(=C\[C@@H](O)[C@H](COP(=O)(O)OCC[N+](C)(C)C)NC(=O)CCCCCCCCCCCCCCCCC)CCCCCCCCCCCCC. The van der Waals surface area contributed by atoms with Gasteiger partial charge >= 0.3 is 7.82 Å². The number of rotatable bonds is 38. The van der Waals surface area contributed by atoms with E-state index in [1.54, 1.807) is 0 Å². The zero-order chi connectivity index (χ0) is 38.1. The fourth-order valence-corrected chi connectivity index (χ4v) is 6.75. The van der Waals surface area contributed by atoms with E-state index < -0.39 is 26.6 Å². The summed E-state index contributed by atoms with van der Waals surface area (Å²) in [5, 5.41) is 13.8. The van der Waals surface area contributed by atoms with Crippen LogP contribution in [0.4, 0.5) is 0 Å². The molecule has 0 aromatic carbocycles. The van der Waals surface area contributed by atoms with Gasteiger partial charge in [-0.3, -0.25) is 13.8 Å². The molecule has 0 aliphatic carbocycles. The van der Waals surface area contributed by atoms with Crippen LogP contribution in [-0.4, -0.2) is 73.4 Å². The van der Waals surface area contributed by atoms with Gasteiger partial charge in [-0.05, 0) is 19.3 Å². The van der Waals surface area contributed by atoms with Gasteiger partial charge in [-0.25, -0.2) is 4.57 Å². The van der Waals surface area contributed by atoms with Crippen molar-refractivity contribution in [2.24, 2.45) is 0 Å². The molecule has 0 aromatic rings. The Hall–Kier alpha value is -0.760. The van der Waals surface area contributed by atoms with Crippen molar-refractivity contribution in [2.75, 3.05) is 40.9 Å². The zero-order valence-corrected chi connectivity index (χ0v) is 34.5. The van der Waals surface area contributed by atoms with Crippen molar-refractivity contribution in [1.82, 2.24) is 5.32 Å². The van der Waals surface area contributed by atoms with E-state index in [2.05, 4.69) is 19.2 Å². The molecule has 0 aliphatic rings. The van der Waals surface area contributed by atoms with E-state index in [9.17, 15) is 19.4 Å². The third-order valence-electron chi connectivity index (χ3n) is 9.41. The Balaban J connectivity index is 4.58. The quantitative estimate of drug-likeness (QED) is 0.0253.